The van der Waals surface area contributed by atoms with Crippen LogP contribution < -0.4 is 0 Å². The van der Waals surface area contributed by atoms with Gasteiger partial charge >= 0.3 is 5.97 Å². The predicted octanol–water partition coefficient (Wildman–Crippen LogP) is 3.94. The van der Waals surface area contributed by atoms with Crippen molar-refractivity contribution in [2.24, 2.45) is 0 Å². The number of ketones is 1. The summed E-state index contributed by atoms with van der Waals surface area (Å²) in [5.74, 6) is -0.657. The first-order valence-electron chi connectivity index (χ1n) is 6.47. The largest absolute Gasteiger partial charge is 0.453 e. The first kappa shape index (κ1) is 13.5. The van der Waals surface area contributed by atoms with Gasteiger partial charge in [-0.05, 0) is 22.2 Å². The number of benzene rings is 2. The fourth-order valence-corrected chi connectivity index (χ4v) is 2.76. The molecule has 0 radical (unpaired) electrons. The maximum Gasteiger partial charge on any atom is 0.348 e. The highest BCUT2D eigenvalue weighted by Gasteiger charge is 2.14. The number of thiophene rings is 1. The number of hydrogen-bond acceptors (Lipinski definition) is 4. The molecular formula is C17H12O3S. The van der Waals surface area contributed by atoms with Gasteiger partial charge in [-0.15, -0.1) is 11.3 Å². The first-order valence-corrected chi connectivity index (χ1v) is 7.35. The van der Waals surface area contributed by atoms with E-state index in [-0.39, 0.29) is 12.4 Å². The molecule has 3 rings (SSSR count). The number of carbonyl (C=O) groups excluding carboxylic acids is 2. The van der Waals surface area contributed by atoms with E-state index in [2.05, 4.69) is 0 Å². The summed E-state index contributed by atoms with van der Waals surface area (Å²) in [4.78, 5) is 24.5. The van der Waals surface area contributed by atoms with E-state index in [1.54, 1.807) is 23.6 Å². The summed E-state index contributed by atoms with van der Waals surface area (Å²) >= 11 is 1.30. The second-order valence-corrected chi connectivity index (χ2v) is 5.45. The Kier molecular flexibility index (Phi) is 3.79. The highest BCUT2D eigenvalue weighted by atomic mass is 32.1. The number of hydrogen-bond donors (Lipinski definition) is 0. The summed E-state index contributed by atoms with van der Waals surface area (Å²) in [7, 11) is 0. The van der Waals surface area contributed by atoms with Crippen molar-refractivity contribution in [2.45, 2.75) is 0 Å². The molecule has 0 aliphatic carbocycles. The zero-order valence-electron chi connectivity index (χ0n) is 11.1. The lowest BCUT2D eigenvalue weighted by Crippen LogP contribution is -2.13. The van der Waals surface area contributed by atoms with Crippen LogP contribution in [0.25, 0.3) is 10.8 Å². The summed E-state index contributed by atoms with van der Waals surface area (Å²) < 4.78 is 5.07. The molecule has 2 aromatic carbocycles. The maximum absolute atomic E-state index is 12.3. The van der Waals surface area contributed by atoms with Crippen LogP contribution in [-0.2, 0) is 4.74 Å². The fraction of sp³-hybridized carbons (Fsp3) is 0.0588. The van der Waals surface area contributed by atoms with Crippen LogP contribution in [0.1, 0.15) is 20.0 Å². The first-order chi connectivity index (χ1) is 10.3. The molecule has 0 aliphatic rings. The normalized spacial score (nSPS) is 10.5. The number of rotatable bonds is 4. The van der Waals surface area contributed by atoms with Gasteiger partial charge in [-0.1, -0.05) is 48.5 Å². The van der Waals surface area contributed by atoms with Gasteiger partial charge in [0, 0.05) is 5.56 Å². The van der Waals surface area contributed by atoms with E-state index in [0.717, 1.165) is 10.8 Å². The Morgan fingerprint density at radius 2 is 1.76 bits per heavy atom. The second kappa shape index (κ2) is 5.89. The van der Waals surface area contributed by atoms with Crippen molar-refractivity contribution < 1.29 is 14.3 Å². The lowest BCUT2D eigenvalue weighted by atomic mass is 10.0. The number of esters is 1. The van der Waals surface area contributed by atoms with Gasteiger partial charge in [0.25, 0.3) is 0 Å². The molecule has 0 saturated carbocycles. The Hall–Kier alpha value is -2.46. The van der Waals surface area contributed by atoms with Gasteiger partial charge in [-0.2, -0.15) is 0 Å². The molecule has 21 heavy (non-hydrogen) atoms. The average Bonchev–Trinajstić information content (AvgIpc) is 3.06. The van der Waals surface area contributed by atoms with Crippen molar-refractivity contribution in [3.8, 4) is 0 Å². The summed E-state index contributed by atoms with van der Waals surface area (Å²) in [6.45, 7) is -0.245. The minimum Gasteiger partial charge on any atom is -0.453 e. The molecule has 0 atom stereocenters. The second-order valence-electron chi connectivity index (χ2n) is 4.50. The maximum atomic E-state index is 12.3. The monoisotopic (exact) mass is 296 g/mol. The van der Waals surface area contributed by atoms with Crippen molar-refractivity contribution in [2.75, 3.05) is 6.61 Å². The van der Waals surface area contributed by atoms with E-state index < -0.39 is 5.97 Å². The van der Waals surface area contributed by atoms with E-state index in [1.165, 1.54) is 11.3 Å². The Morgan fingerprint density at radius 3 is 2.57 bits per heavy atom. The minimum absolute atomic E-state index is 0.197. The highest BCUT2D eigenvalue weighted by Crippen LogP contribution is 2.19. The standard InChI is InChI=1S/C17H12O3S/c18-15(11-20-17(19)16-9-4-10-21-16)14-8-3-6-12-5-1-2-7-13(12)14/h1-10H,11H2. The van der Waals surface area contributed by atoms with E-state index in [4.69, 9.17) is 4.74 Å². The summed E-state index contributed by atoms with van der Waals surface area (Å²) in [6, 6.07) is 16.6. The number of ether oxygens (including phenoxy) is 1. The molecule has 0 amide bonds. The Labute approximate surface area is 125 Å². The van der Waals surface area contributed by atoms with Gasteiger partial charge in [0.05, 0.1) is 0 Å². The molecule has 104 valence electrons. The lowest BCUT2D eigenvalue weighted by Gasteiger charge is -2.06. The molecule has 3 aromatic rings. The summed E-state index contributed by atoms with van der Waals surface area (Å²) in [5.41, 5.74) is 0.576. The molecular weight excluding hydrogens is 284 g/mol. The van der Waals surface area contributed by atoms with Crippen LogP contribution in [0.3, 0.4) is 0 Å². The molecule has 0 saturated heterocycles. The number of carbonyl (C=O) groups is 2. The van der Waals surface area contributed by atoms with Crippen LogP contribution in [0.2, 0.25) is 0 Å². The molecule has 3 nitrogen and oxygen atoms in total. The Morgan fingerprint density at radius 1 is 0.952 bits per heavy atom. The molecule has 0 fully saturated rings. The molecule has 0 unspecified atom stereocenters. The predicted molar refractivity (Wildman–Crippen MR) is 82.9 cm³/mol. The molecule has 0 N–H and O–H groups in total. The SMILES string of the molecule is O=C(OCC(=O)c1cccc2ccccc12)c1cccs1. The zero-order valence-corrected chi connectivity index (χ0v) is 11.9. The third kappa shape index (κ3) is 2.85. The van der Waals surface area contributed by atoms with Crippen molar-refractivity contribution in [1.82, 2.24) is 0 Å². The Balaban J connectivity index is 1.77. The van der Waals surface area contributed by atoms with Crippen LogP contribution >= 0.6 is 11.3 Å². The zero-order chi connectivity index (χ0) is 14.7. The fourth-order valence-electron chi connectivity index (χ4n) is 2.14. The number of fused-ring (bicyclic) bond motifs is 1. The summed E-state index contributed by atoms with van der Waals surface area (Å²) in [5, 5.41) is 3.66. The van der Waals surface area contributed by atoms with Crippen molar-refractivity contribution in [1.29, 1.82) is 0 Å². The van der Waals surface area contributed by atoms with Crippen LogP contribution in [0.4, 0.5) is 0 Å². The third-order valence-electron chi connectivity index (χ3n) is 3.15. The molecule has 0 aliphatic heterocycles. The van der Waals surface area contributed by atoms with Crippen molar-refractivity contribution in [3.05, 3.63) is 70.4 Å². The highest BCUT2D eigenvalue weighted by molar-refractivity contribution is 7.11. The van der Waals surface area contributed by atoms with E-state index in [1.807, 2.05) is 36.4 Å². The smallest absolute Gasteiger partial charge is 0.348 e. The molecule has 0 bridgehead atoms. The Bertz CT molecular complexity index is 785. The molecule has 1 heterocycles. The molecule has 4 heteroatoms. The minimum atomic E-state index is -0.460. The van der Waals surface area contributed by atoms with Gasteiger partial charge < -0.3 is 4.74 Å². The van der Waals surface area contributed by atoms with Crippen LogP contribution in [-0.4, -0.2) is 18.4 Å². The van der Waals surface area contributed by atoms with E-state index in [9.17, 15) is 9.59 Å². The van der Waals surface area contributed by atoms with Gasteiger partial charge in [-0.3, -0.25) is 4.79 Å². The van der Waals surface area contributed by atoms with Crippen LogP contribution in [0.5, 0.6) is 0 Å². The van der Waals surface area contributed by atoms with Gasteiger partial charge in [-0.25, -0.2) is 4.79 Å². The quantitative estimate of drug-likeness (QED) is 0.541. The average molecular weight is 296 g/mol. The molecule has 1 aromatic heterocycles. The molecule has 0 spiro atoms. The van der Waals surface area contributed by atoms with Crippen molar-refractivity contribution >= 4 is 33.9 Å². The van der Waals surface area contributed by atoms with Gasteiger partial charge in [0.2, 0.25) is 5.78 Å². The van der Waals surface area contributed by atoms with Gasteiger partial charge in [0.15, 0.2) is 6.61 Å². The summed E-state index contributed by atoms with van der Waals surface area (Å²) in [6.07, 6.45) is 0. The lowest BCUT2D eigenvalue weighted by molar-refractivity contribution is 0.0480. The van der Waals surface area contributed by atoms with E-state index >= 15 is 0 Å². The van der Waals surface area contributed by atoms with Crippen LogP contribution in [0, 0.1) is 0 Å². The third-order valence-corrected chi connectivity index (χ3v) is 4.00. The topological polar surface area (TPSA) is 43.4 Å². The van der Waals surface area contributed by atoms with Crippen molar-refractivity contribution in [3.63, 3.8) is 0 Å². The number of Topliss-reactive ketones (excluding diaryl/α,β-unsaturated/α-hetero) is 1. The van der Waals surface area contributed by atoms with Crippen LogP contribution in [0.15, 0.2) is 60.0 Å². The van der Waals surface area contributed by atoms with E-state index in [0.29, 0.717) is 10.4 Å². The van der Waals surface area contributed by atoms with Gasteiger partial charge in [0.1, 0.15) is 4.88 Å².